The summed E-state index contributed by atoms with van der Waals surface area (Å²) in [5.41, 5.74) is 0.353. The molecular weight excluding hydrogens is 286 g/mol. The maximum Gasteiger partial charge on any atom is 0.332 e. The van der Waals surface area contributed by atoms with Crippen molar-refractivity contribution in [3.05, 3.63) is 26.7 Å². The molecule has 0 aromatic carbocycles. The summed E-state index contributed by atoms with van der Waals surface area (Å²) in [6, 6.07) is 0. The van der Waals surface area contributed by atoms with E-state index in [4.69, 9.17) is 4.74 Å². The second-order valence-corrected chi connectivity index (χ2v) is 5.69. The molecule has 2 aromatic rings. The smallest absolute Gasteiger partial charge is 0.332 e. The van der Waals surface area contributed by atoms with E-state index in [1.54, 1.807) is 7.05 Å². The number of morpholine rings is 1. The number of hydrogen-bond acceptors (Lipinski definition) is 4. The molecule has 1 N–H and O–H groups in total. The molecule has 1 saturated heterocycles. The van der Waals surface area contributed by atoms with Gasteiger partial charge in [0.1, 0.15) is 19.6 Å². The van der Waals surface area contributed by atoms with Crippen LogP contribution in [0.2, 0.25) is 0 Å². The topological polar surface area (TPSA) is 75.5 Å². The Bertz CT molecular complexity index is 810. The first-order chi connectivity index (χ1) is 10.5. The van der Waals surface area contributed by atoms with Crippen LogP contribution in [-0.4, -0.2) is 45.0 Å². The number of nitrogens with zero attached hydrogens (tertiary/aromatic N) is 4. The highest BCUT2D eigenvalue weighted by Gasteiger charge is 2.22. The highest BCUT2D eigenvalue weighted by molar-refractivity contribution is 5.71. The van der Waals surface area contributed by atoms with Gasteiger partial charge < -0.3 is 14.2 Å². The first-order valence-electron chi connectivity index (χ1n) is 7.61. The van der Waals surface area contributed by atoms with E-state index in [-0.39, 0.29) is 11.2 Å². The number of rotatable bonds is 3. The maximum absolute atomic E-state index is 12.4. The summed E-state index contributed by atoms with van der Waals surface area (Å²) in [6.07, 6.45) is 0. The molecule has 0 aliphatic carbocycles. The molecule has 120 valence electrons. The zero-order valence-corrected chi connectivity index (χ0v) is 13.3. The molecule has 0 unspecified atom stereocenters. The number of fused-ring (bicyclic) bond motifs is 1. The van der Waals surface area contributed by atoms with Crippen LogP contribution in [0.3, 0.4) is 0 Å². The van der Waals surface area contributed by atoms with Gasteiger partial charge in [-0.3, -0.25) is 13.9 Å². The van der Waals surface area contributed by atoms with E-state index in [1.165, 1.54) is 16.5 Å². The van der Waals surface area contributed by atoms with Gasteiger partial charge in [-0.2, -0.15) is 0 Å². The number of aromatic nitrogens is 4. The molecule has 0 bridgehead atoms. The van der Waals surface area contributed by atoms with Crippen LogP contribution in [0.5, 0.6) is 0 Å². The Labute approximate surface area is 127 Å². The number of quaternary nitrogens is 1. The average Bonchev–Trinajstić information content (AvgIpc) is 2.90. The summed E-state index contributed by atoms with van der Waals surface area (Å²) >= 11 is 0. The summed E-state index contributed by atoms with van der Waals surface area (Å²) in [5, 5.41) is 0. The lowest BCUT2D eigenvalue weighted by Gasteiger charge is -2.23. The number of hydrogen-bond donors (Lipinski definition) is 1. The first-order valence-corrected chi connectivity index (χ1v) is 7.61. The van der Waals surface area contributed by atoms with E-state index < -0.39 is 0 Å². The minimum atomic E-state index is -0.344. The van der Waals surface area contributed by atoms with E-state index in [0.29, 0.717) is 17.7 Å². The monoisotopic (exact) mass is 308 g/mol. The standard InChI is InChI=1S/C14H21N5O3/c1-4-19-10(9-18-5-7-22-8-6-18)15-12-11(19)13(20)17(3)14(21)16(12)2/h4-9H2,1-3H3/p+1. The SMILES string of the molecule is CCn1c(C[NH+]2CCOCC2)nc2c1c(=O)n(C)c(=O)n2C. The Morgan fingerprint density at radius 1 is 1.18 bits per heavy atom. The van der Waals surface area contributed by atoms with Crippen LogP contribution in [0.4, 0.5) is 0 Å². The average molecular weight is 308 g/mol. The molecule has 8 heteroatoms. The molecule has 22 heavy (non-hydrogen) atoms. The molecule has 1 aliphatic heterocycles. The lowest BCUT2D eigenvalue weighted by Crippen LogP contribution is -3.12. The van der Waals surface area contributed by atoms with Gasteiger partial charge in [0.2, 0.25) is 0 Å². The fraction of sp³-hybridized carbons (Fsp3) is 0.643. The van der Waals surface area contributed by atoms with Crippen molar-refractivity contribution < 1.29 is 9.64 Å². The predicted octanol–water partition coefficient (Wildman–Crippen LogP) is -2.13. The van der Waals surface area contributed by atoms with Gasteiger partial charge in [-0.05, 0) is 6.92 Å². The fourth-order valence-electron chi connectivity index (χ4n) is 3.03. The van der Waals surface area contributed by atoms with Crippen LogP contribution >= 0.6 is 0 Å². The van der Waals surface area contributed by atoms with Crippen LogP contribution in [-0.2, 0) is 31.9 Å². The van der Waals surface area contributed by atoms with Gasteiger partial charge in [0.15, 0.2) is 17.0 Å². The third-order valence-electron chi connectivity index (χ3n) is 4.35. The van der Waals surface area contributed by atoms with Crippen LogP contribution < -0.4 is 16.1 Å². The summed E-state index contributed by atoms with van der Waals surface area (Å²) in [4.78, 5) is 30.5. The summed E-state index contributed by atoms with van der Waals surface area (Å²) in [6.45, 7) is 6.76. The van der Waals surface area contributed by atoms with Gasteiger partial charge in [0, 0.05) is 20.6 Å². The number of nitrogens with one attached hydrogen (secondary N) is 1. The van der Waals surface area contributed by atoms with E-state index in [1.807, 2.05) is 11.5 Å². The number of ether oxygens (including phenoxy) is 1. The van der Waals surface area contributed by atoms with Gasteiger partial charge in [0.25, 0.3) is 5.56 Å². The Morgan fingerprint density at radius 2 is 1.86 bits per heavy atom. The summed E-state index contributed by atoms with van der Waals surface area (Å²) in [7, 11) is 3.16. The number of imidazole rings is 1. The van der Waals surface area contributed by atoms with Crippen molar-refractivity contribution in [1.82, 2.24) is 18.7 Å². The molecular formula is C14H22N5O3+. The molecule has 1 fully saturated rings. The van der Waals surface area contributed by atoms with Crippen molar-refractivity contribution >= 4 is 11.2 Å². The Balaban J connectivity index is 2.15. The third-order valence-corrected chi connectivity index (χ3v) is 4.35. The van der Waals surface area contributed by atoms with E-state index in [9.17, 15) is 9.59 Å². The van der Waals surface area contributed by atoms with Gasteiger partial charge >= 0.3 is 5.69 Å². The van der Waals surface area contributed by atoms with E-state index in [0.717, 1.165) is 43.2 Å². The molecule has 0 radical (unpaired) electrons. The zero-order chi connectivity index (χ0) is 15.9. The van der Waals surface area contributed by atoms with Gasteiger partial charge in [-0.25, -0.2) is 9.78 Å². The molecule has 0 spiro atoms. The second kappa shape index (κ2) is 5.69. The van der Waals surface area contributed by atoms with Crippen molar-refractivity contribution in [2.24, 2.45) is 14.1 Å². The van der Waals surface area contributed by atoms with Crippen molar-refractivity contribution in [3.8, 4) is 0 Å². The van der Waals surface area contributed by atoms with E-state index in [2.05, 4.69) is 4.98 Å². The van der Waals surface area contributed by atoms with Crippen LogP contribution in [0, 0.1) is 0 Å². The third kappa shape index (κ3) is 2.28. The minimum Gasteiger partial charge on any atom is -0.370 e. The Hall–Kier alpha value is -1.93. The molecule has 0 amide bonds. The molecule has 8 nitrogen and oxygen atoms in total. The summed E-state index contributed by atoms with van der Waals surface area (Å²) in [5.74, 6) is 0.854. The largest absolute Gasteiger partial charge is 0.370 e. The van der Waals surface area contributed by atoms with Crippen molar-refractivity contribution in [2.75, 3.05) is 26.3 Å². The van der Waals surface area contributed by atoms with Gasteiger partial charge in [-0.15, -0.1) is 0 Å². The Kier molecular flexibility index (Phi) is 3.88. The van der Waals surface area contributed by atoms with Crippen molar-refractivity contribution in [1.29, 1.82) is 0 Å². The number of aryl methyl sites for hydroxylation is 2. The first kappa shape index (κ1) is 15.0. The Morgan fingerprint density at radius 3 is 2.50 bits per heavy atom. The fourth-order valence-corrected chi connectivity index (χ4v) is 3.03. The van der Waals surface area contributed by atoms with Crippen LogP contribution in [0.1, 0.15) is 12.7 Å². The zero-order valence-electron chi connectivity index (χ0n) is 13.3. The van der Waals surface area contributed by atoms with Gasteiger partial charge in [-0.1, -0.05) is 0 Å². The molecule has 2 aromatic heterocycles. The lowest BCUT2D eigenvalue weighted by molar-refractivity contribution is -0.922. The van der Waals surface area contributed by atoms with Crippen LogP contribution in [0.15, 0.2) is 9.59 Å². The molecule has 0 saturated carbocycles. The quantitative estimate of drug-likeness (QED) is 0.703. The lowest BCUT2D eigenvalue weighted by atomic mass is 10.4. The van der Waals surface area contributed by atoms with Crippen LogP contribution in [0.25, 0.3) is 11.2 Å². The minimum absolute atomic E-state index is 0.282. The van der Waals surface area contributed by atoms with Crippen molar-refractivity contribution in [3.63, 3.8) is 0 Å². The molecule has 3 rings (SSSR count). The predicted molar refractivity (Wildman–Crippen MR) is 81.1 cm³/mol. The van der Waals surface area contributed by atoms with Crippen molar-refractivity contribution in [2.45, 2.75) is 20.0 Å². The summed E-state index contributed by atoms with van der Waals surface area (Å²) < 4.78 is 9.89. The van der Waals surface area contributed by atoms with Gasteiger partial charge in [0.05, 0.1) is 13.2 Å². The highest BCUT2D eigenvalue weighted by atomic mass is 16.5. The molecule has 0 atom stereocenters. The highest BCUT2D eigenvalue weighted by Crippen LogP contribution is 2.10. The molecule has 3 heterocycles. The maximum atomic E-state index is 12.4. The second-order valence-electron chi connectivity index (χ2n) is 5.69. The normalized spacial score (nSPS) is 16.5. The van der Waals surface area contributed by atoms with E-state index >= 15 is 0 Å². The molecule has 1 aliphatic rings.